The zero-order valence-corrected chi connectivity index (χ0v) is 7.70. The van der Waals surface area contributed by atoms with E-state index in [2.05, 4.69) is 24.0 Å². The number of aromatic nitrogens is 2. The van der Waals surface area contributed by atoms with Gasteiger partial charge in [-0.05, 0) is 5.92 Å². The molecule has 0 radical (unpaired) electrons. The maximum absolute atomic E-state index is 4.99. The zero-order chi connectivity index (χ0) is 8.97. The molecule has 0 fully saturated rings. The lowest BCUT2D eigenvalue weighted by atomic mass is 10.1. The second-order valence-electron chi connectivity index (χ2n) is 3.14. The van der Waals surface area contributed by atoms with Gasteiger partial charge in [-0.2, -0.15) is 4.98 Å². The smallest absolute Gasteiger partial charge is 0.226 e. The van der Waals surface area contributed by atoms with Crippen LogP contribution in [-0.4, -0.2) is 17.3 Å². The largest absolute Gasteiger partial charge is 0.377 e. The minimum atomic E-state index is 0.418. The molecule has 68 valence electrons. The molecule has 1 aromatic heterocycles. The van der Waals surface area contributed by atoms with E-state index in [0.717, 1.165) is 6.42 Å². The summed E-state index contributed by atoms with van der Waals surface area (Å²) >= 11 is 0. The first-order valence-corrected chi connectivity index (χ1v) is 4.02. The standard InChI is InChI=1S/C8H14N2O2/c1-6(2)4-8-9-7(5-11-3)10-12-8/h6H,4-5H2,1-3H3. The third-order valence-electron chi connectivity index (χ3n) is 1.37. The molecule has 0 unspecified atom stereocenters. The summed E-state index contributed by atoms with van der Waals surface area (Å²) < 4.78 is 9.85. The van der Waals surface area contributed by atoms with Crippen molar-refractivity contribution in [2.45, 2.75) is 26.9 Å². The van der Waals surface area contributed by atoms with Crippen molar-refractivity contribution in [1.29, 1.82) is 0 Å². The van der Waals surface area contributed by atoms with Crippen molar-refractivity contribution in [1.82, 2.24) is 10.1 Å². The van der Waals surface area contributed by atoms with Crippen LogP contribution in [0.1, 0.15) is 25.6 Å². The second-order valence-corrected chi connectivity index (χ2v) is 3.14. The number of ether oxygens (including phenoxy) is 1. The fourth-order valence-corrected chi connectivity index (χ4v) is 0.910. The van der Waals surface area contributed by atoms with Gasteiger partial charge >= 0.3 is 0 Å². The Kier molecular flexibility index (Phi) is 3.22. The fourth-order valence-electron chi connectivity index (χ4n) is 0.910. The summed E-state index contributed by atoms with van der Waals surface area (Å²) in [5.74, 6) is 1.85. The minimum Gasteiger partial charge on any atom is -0.377 e. The summed E-state index contributed by atoms with van der Waals surface area (Å²) in [5.41, 5.74) is 0. The van der Waals surface area contributed by atoms with E-state index in [-0.39, 0.29) is 0 Å². The maximum Gasteiger partial charge on any atom is 0.226 e. The first kappa shape index (κ1) is 9.19. The minimum absolute atomic E-state index is 0.418. The Hall–Kier alpha value is -0.900. The van der Waals surface area contributed by atoms with Crippen molar-refractivity contribution >= 4 is 0 Å². The first-order valence-electron chi connectivity index (χ1n) is 4.02. The molecule has 12 heavy (non-hydrogen) atoms. The quantitative estimate of drug-likeness (QED) is 0.685. The summed E-state index contributed by atoms with van der Waals surface area (Å²) in [7, 11) is 1.61. The van der Waals surface area contributed by atoms with Gasteiger partial charge in [-0.15, -0.1) is 0 Å². The number of hydrogen-bond donors (Lipinski definition) is 0. The molecule has 0 amide bonds. The molecule has 0 aliphatic heterocycles. The van der Waals surface area contributed by atoms with Gasteiger partial charge in [0.05, 0.1) is 0 Å². The Bertz CT molecular complexity index is 233. The van der Waals surface area contributed by atoms with Gasteiger partial charge in [-0.1, -0.05) is 19.0 Å². The van der Waals surface area contributed by atoms with Gasteiger partial charge < -0.3 is 9.26 Å². The molecule has 0 saturated heterocycles. The van der Waals surface area contributed by atoms with E-state index in [1.807, 2.05) is 0 Å². The van der Waals surface area contributed by atoms with Crippen LogP contribution in [0.15, 0.2) is 4.52 Å². The van der Waals surface area contributed by atoms with Gasteiger partial charge in [0.25, 0.3) is 0 Å². The lowest BCUT2D eigenvalue weighted by Crippen LogP contribution is -1.95. The van der Waals surface area contributed by atoms with E-state index in [9.17, 15) is 0 Å². The SMILES string of the molecule is COCc1noc(CC(C)C)n1. The van der Waals surface area contributed by atoms with Crippen LogP contribution in [-0.2, 0) is 17.8 Å². The molecule has 0 spiro atoms. The highest BCUT2D eigenvalue weighted by atomic mass is 16.5. The molecule has 0 aliphatic rings. The third-order valence-corrected chi connectivity index (χ3v) is 1.37. The average Bonchev–Trinajstić information content (AvgIpc) is 2.36. The molecule has 1 rings (SSSR count). The van der Waals surface area contributed by atoms with Crippen LogP contribution < -0.4 is 0 Å². The van der Waals surface area contributed by atoms with Gasteiger partial charge in [0.15, 0.2) is 5.82 Å². The summed E-state index contributed by atoms with van der Waals surface area (Å²) in [5, 5.41) is 3.75. The molecule has 0 N–H and O–H groups in total. The summed E-state index contributed by atoms with van der Waals surface area (Å²) in [6.45, 7) is 4.64. The molecule has 1 heterocycles. The monoisotopic (exact) mass is 170 g/mol. The lowest BCUT2D eigenvalue weighted by molar-refractivity contribution is 0.174. The van der Waals surface area contributed by atoms with Gasteiger partial charge in [0.1, 0.15) is 6.61 Å². The Morgan fingerprint density at radius 2 is 2.25 bits per heavy atom. The van der Waals surface area contributed by atoms with E-state index in [0.29, 0.717) is 24.2 Å². The average molecular weight is 170 g/mol. The van der Waals surface area contributed by atoms with Crippen molar-refractivity contribution in [3.63, 3.8) is 0 Å². The highest BCUT2D eigenvalue weighted by molar-refractivity contribution is 4.85. The Morgan fingerprint density at radius 1 is 1.50 bits per heavy atom. The molecule has 0 bridgehead atoms. The first-order chi connectivity index (χ1) is 5.72. The predicted molar refractivity (Wildman–Crippen MR) is 43.6 cm³/mol. The number of methoxy groups -OCH3 is 1. The van der Waals surface area contributed by atoms with E-state index in [4.69, 9.17) is 9.26 Å². The van der Waals surface area contributed by atoms with Crippen LogP contribution in [0.3, 0.4) is 0 Å². The predicted octanol–water partition coefficient (Wildman–Crippen LogP) is 1.41. The van der Waals surface area contributed by atoms with Gasteiger partial charge in [0.2, 0.25) is 5.89 Å². The van der Waals surface area contributed by atoms with Crippen LogP contribution >= 0.6 is 0 Å². The molecule has 4 heteroatoms. The van der Waals surface area contributed by atoms with Crippen LogP contribution in [0.4, 0.5) is 0 Å². The molecule has 0 saturated carbocycles. The second kappa shape index (κ2) is 4.21. The maximum atomic E-state index is 4.99. The molecular formula is C8H14N2O2. The number of rotatable bonds is 4. The van der Waals surface area contributed by atoms with Crippen molar-refractivity contribution in [2.75, 3.05) is 7.11 Å². The molecule has 0 atom stereocenters. The van der Waals surface area contributed by atoms with E-state index in [1.165, 1.54) is 0 Å². The van der Waals surface area contributed by atoms with Crippen LogP contribution in [0, 0.1) is 5.92 Å². The van der Waals surface area contributed by atoms with Crippen LogP contribution in [0.25, 0.3) is 0 Å². The Morgan fingerprint density at radius 3 is 2.83 bits per heavy atom. The summed E-state index contributed by atoms with van der Waals surface area (Å²) in [6, 6.07) is 0. The van der Waals surface area contributed by atoms with E-state index < -0.39 is 0 Å². The molecular weight excluding hydrogens is 156 g/mol. The topological polar surface area (TPSA) is 48.2 Å². The van der Waals surface area contributed by atoms with Crippen molar-refractivity contribution in [3.05, 3.63) is 11.7 Å². The number of nitrogens with zero attached hydrogens (tertiary/aromatic N) is 2. The molecule has 0 aliphatic carbocycles. The van der Waals surface area contributed by atoms with E-state index >= 15 is 0 Å². The Labute approximate surface area is 71.9 Å². The molecule has 4 nitrogen and oxygen atoms in total. The Balaban J connectivity index is 2.52. The molecule has 0 aromatic carbocycles. The third kappa shape index (κ3) is 2.62. The number of hydrogen-bond acceptors (Lipinski definition) is 4. The summed E-state index contributed by atoms with van der Waals surface area (Å²) in [6.07, 6.45) is 0.830. The highest BCUT2D eigenvalue weighted by Crippen LogP contribution is 2.05. The van der Waals surface area contributed by atoms with Crippen molar-refractivity contribution < 1.29 is 9.26 Å². The lowest BCUT2D eigenvalue weighted by Gasteiger charge is -1.95. The van der Waals surface area contributed by atoms with Gasteiger partial charge in [0, 0.05) is 13.5 Å². The van der Waals surface area contributed by atoms with Gasteiger partial charge in [-0.25, -0.2) is 0 Å². The van der Waals surface area contributed by atoms with Crippen LogP contribution in [0.5, 0.6) is 0 Å². The van der Waals surface area contributed by atoms with Crippen molar-refractivity contribution in [3.8, 4) is 0 Å². The van der Waals surface area contributed by atoms with Crippen molar-refractivity contribution in [2.24, 2.45) is 5.92 Å². The van der Waals surface area contributed by atoms with E-state index in [1.54, 1.807) is 7.11 Å². The fraction of sp³-hybridized carbons (Fsp3) is 0.750. The highest BCUT2D eigenvalue weighted by Gasteiger charge is 2.06. The zero-order valence-electron chi connectivity index (χ0n) is 7.70. The molecule has 1 aromatic rings. The summed E-state index contributed by atoms with van der Waals surface area (Å²) in [4.78, 5) is 4.14. The normalized spacial score (nSPS) is 11.0. The van der Waals surface area contributed by atoms with Gasteiger partial charge in [-0.3, -0.25) is 0 Å². The van der Waals surface area contributed by atoms with Crippen LogP contribution in [0.2, 0.25) is 0 Å².